The maximum Gasteiger partial charge on any atom is 0.454 e. The monoisotopic (exact) mass is 280 g/mol. The molecular formula is C14H11F3N2O. The van der Waals surface area contributed by atoms with Crippen LogP contribution in [0.25, 0.3) is 0 Å². The molecule has 3 nitrogen and oxygen atoms in total. The Morgan fingerprint density at radius 1 is 0.850 bits per heavy atom. The van der Waals surface area contributed by atoms with Crippen molar-refractivity contribution in [2.45, 2.75) is 6.18 Å². The lowest BCUT2D eigenvalue weighted by Gasteiger charge is -2.14. The van der Waals surface area contributed by atoms with E-state index in [-0.39, 0.29) is 5.69 Å². The van der Waals surface area contributed by atoms with E-state index in [0.717, 1.165) is 6.07 Å². The van der Waals surface area contributed by atoms with Crippen molar-refractivity contribution in [2.75, 3.05) is 10.9 Å². The van der Waals surface area contributed by atoms with Crippen LogP contribution in [0, 0.1) is 0 Å². The molecule has 0 radical (unpaired) electrons. The summed E-state index contributed by atoms with van der Waals surface area (Å²) in [7, 11) is 0. The lowest BCUT2D eigenvalue weighted by atomic mass is 10.1. The molecule has 2 rings (SSSR count). The zero-order valence-corrected chi connectivity index (χ0v) is 10.2. The van der Waals surface area contributed by atoms with Crippen LogP contribution in [-0.4, -0.2) is 12.0 Å². The number of ketones is 1. The summed E-state index contributed by atoms with van der Waals surface area (Å²) in [5, 5.41) is 0. The first kappa shape index (κ1) is 13.9. The number of nitrogens with one attached hydrogen (secondary N) is 2. The molecule has 0 fully saturated rings. The third-order valence-electron chi connectivity index (χ3n) is 2.54. The molecule has 0 saturated heterocycles. The lowest BCUT2D eigenvalue weighted by Crippen LogP contribution is -2.24. The molecule has 0 unspecified atom stereocenters. The van der Waals surface area contributed by atoms with Gasteiger partial charge in [0.2, 0.25) is 0 Å². The van der Waals surface area contributed by atoms with Crippen molar-refractivity contribution in [3.63, 3.8) is 0 Å². The topological polar surface area (TPSA) is 41.1 Å². The van der Waals surface area contributed by atoms with Gasteiger partial charge < -0.3 is 10.9 Å². The fraction of sp³-hybridized carbons (Fsp3) is 0.0714. The first-order chi connectivity index (χ1) is 9.48. The van der Waals surface area contributed by atoms with Gasteiger partial charge in [-0.3, -0.25) is 4.79 Å². The van der Waals surface area contributed by atoms with E-state index in [4.69, 9.17) is 0 Å². The van der Waals surface area contributed by atoms with Crippen molar-refractivity contribution in [1.29, 1.82) is 0 Å². The van der Waals surface area contributed by atoms with Gasteiger partial charge in [-0.2, -0.15) is 13.2 Å². The Hall–Kier alpha value is -2.50. The van der Waals surface area contributed by atoms with Gasteiger partial charge in [0.15, 0.2) is 0 Å². The number of carbonyl (C=O) groups excluding carboxylic acids is 1. The molecule has 0 atom stereocenters. The number of hydrazine groups is 1. The van der Waals surface area contributed by atoms with Crippen molar-refractivity contribution in [3.05, 3.63) is 60.2 Å². The van der Waals surface area contributed by atoms with Gasteiger partial charge >= 0.3 is 6.18 Å². The maximum absolute atomic E-state index is 12.5. The van der Waals surface area contributed by atoms with Gasteiger partial charge in [0.05, 0.1) is 16.9 Å². The minimum atomic E-state index is -4.90. The highest BCUT2D eigenvalue weighted by atomic mass is 19.4. The highest BCUT2D eigenvalue weighted by Gasteiger charge is 2.40. The van der Waals surface area contributed by atoms with Crippen molar-refractivity contribution in [2.24, 2.45) is 0 Å². The molecule has 0 heterocycles. The minimum Gasteiger partial charge on any atom is -0.301 e. The third-order valence-corrected chi connectivity index (χ3v) is 2.54. The molecule has 6 heteroatoms. The number of alkyl halides is 3. The standard InChI is InChI=1S/C14H11F3N2O/c15-14(16,17)13(20)11-8-4-5-9-12(11)19-18-10-6-2-1-3-7-10/h1-9,18-19H. The summed E-state index contributed by atoms with van der Waals surface area (Å²) in [4.78, 5) is 11.3. The van der Waals surface area contributed by atoms with Crippen LogP contribution in [0.15, 0.2) is 54.6 Å². The van der Waals surface area contributed by atoms with Gasteiger partial charge in [-0.15, -0.1) is 0 Å². The second-order valence-corrected chi connectivity index (χ2v) is 3.99. The number of Topliss-reactive ketones (excluding diaryl/α,β-unsaturated/α-hetero) is 1. The molecule has 0 aliphatic rings. The van der Waals surface area contributed by atoms with E-state index in [2.05, 4.69) is 10.9 Å². The second-order valence-electron chi connectivity index (χ2n) is 3.99. The quantitative estimate of drug-likeness (QED) is 0.660. The third kappa shape index (κ3) is 3.28. The highest BCUT2D eigenvalue weighted by molar-refractivity contribution is 6.04. The molecule has 0 aliphatic carbocycles. The number of carbonyl (C=O) groups is 1. The van der Waals surface area contributed by atoms with E-state index < -0.39 is 17.5 Å². The molecule has 2 aromatic rings. The molecule has 0 saturated carbocycles. The van der Waals surface area contributed by atoms with Gasteiger partial charge in [0, 0.05) is 0 Å². The fourth-order valence-corrected chi connectivity index (χ4v) is 1.60. The maximum atomic E-state index is 12.5. The van der Waals surface area contributed by atoms with Crippen LogP contribution in [0.3, 0.4) is 0 Å². The number of anilines is 2. The van der Waals surface area contributed by atoms with E-state index in [9.17, 15) is 18.0 Å². The summed E-state index contributed by atoms with van der Waals surface area (Å²) in [6.07, 6.45) is -4.90. The largest absolute Gasteiger partial charge is 0.454 e. The predicted octanol–water partition coefficient (Wildman–Crippen LogP) is 3.87. The molecular weight excluding hydrogens is 269 g/mol. The van der Waals surface area contributed by atoms with E-state index in [1.807, 2.05) is 6.07 Å². The van der Waals surface area contributed by atoms with Crippen molar-refractivity contribution >= 4 is 17.2 Å². The van der Waals surface area contributed by atoms with Crippen LogP contribution < -0.4 is 10.9 Å². The number of hydrogen-bond donors (Lipinski definition) is 2. The lowest BCUT2D eigenvalue weighted by molar-refractivity contribution is -0.0884. The summed E-state index contributed by atoms with van der Waals surface area (Å²) in [5.41, 5.74) is 5.66. The molecule has 104 valence electrons. The number of rotatable bonds is 4. The Balaban J connectivity index is 2.19. The van der Waals surface area contributed by atoms with E-state index in [1.165, 1.54) is 12.1 Å². The normalized spacial score (nSPS) is 10.9. The zero-order chi connectivity index (χ0) is 14.6. The average Bonchev–Trinajstić information content (AvgIpc) is 2.45. The summed E-state index contributed by atoms with van der Waals surface area (Å²) >= 11 is 0. The zero-order valence-electron chi connectivity index (χ0n) is 10.2. The summed E-state index contributed by atoms with van der Waals surface area (Å²) in [6, 6.07) is 14.3. The first-order valence-corrected chi connectivity index (χ1v) is 5.76. The van der Waals surface area contributed by atoms with Crippen LogP contribution in [0.1, 0.15) is 10.4 Å². The Labute approximate surface area is 113 Å². The molecule has 0 aliphatic heterocycles. The van der Waals surface area contributed by atoms with Crippen molar-refractivity contribution in [3.8, 4) is 0 Å². The van der Waals surface area contributed by atoms with Gasteiger partial charge in [-0.25, -0.2) is 0 Å². The Bertz CT molecular complexity index is 597. The van der Waals surface area contributed by atoms with E-state index >= 15 is 0 Å². The molecule has 0 amide bonds. The number of halogens is 3. The smallest absolute Gasteiger partial charge is 0.301 e. The van der Waals surface area contributed by atoms with Crippen LogP contribution in [0.5, 0.6) is 0 Å². The summed E-state index contributed by atoms with van der Waals surface area (Å²) in [5.74, 6) is -1.88. The predicted molar refractivity (Wildman–Crippen MR) is 70.5 cm³/mol. The average molecular weight is 280 g/mol. The van der Waals surface area contributed by atoms with Gasteiger partial charge in [0.25, 0.3) is 5.78 Å². The van der Waals surface area contributed by atoms with Crippen LogP contribution >= 0.6 is 0 Å². The van der Waals surface area contributed by atoms with Gasteiger partial charge in [0.1, 0.15) is 0 Å². The van der Waals surface area contributed by atoms with E-state index in [0.29, 0.717) is 5.69 Å². The molecule has 20 heavy (non-hydrogen) atoms. The Morgan fingerprint density at radius 2 is 1.45 bits per heavy atom. The summed E-state index contributed by atoms with van der Waals surface area (Å²) < 4.78 is 37.4. The molecule has 0 bridgehead atoms. The number of para-hydroxylation sites is 2. The van der Waals surface area contributed by atoms with Gasteiger partial charge in [-0.05, 0) is 24.3 Å². The van der Waals surface area contributed by atoms with Crippen LogP contribution in [-0.2, 0) is 0 Å². The van der Waals surface area contributed by atoms with Crippen LogP contribution in [0.4, 0.5) is 24.5 Å². The Morgan fingerprint density at radius 3 is 2.10 bits per heavy atom. The number of hydrogen-bond acceptors (Lipinski definition) is 3. The van der Waals surface area contributed by atoms with E-state index in [1.54, 1.807) is 30.3 Å². The summed E-state index contributed by atoms with van der Waals surface area (Å²) in [6.45, 7) is 0. The second kappa shape index (κ2) is 5.64. The highest BCUT2D eigenvalue weighted by Crippen LogP contribution is 2.26. The molecule has 2 N–H and O–H groups in total. The molecule has 0 aromatic heterocycles. The number of benzene rings is 2. The first-order valence-electron chi connectivity index (χ1n) is 5.76. The minimum absolute atomic E-state index is 0.0682. The van der Waals surface area contributed by atoms with Crippen molar-refractivity contribution < 1.29 is 18.0 Å². The Kier molecular flexibility index (Phi) is 3.93. The molecule has 0 spiro atoms. The SMILES string of the molecule is O=C(c1ccccc1NNc1ccccc1)C(F)(F)F. The molecule has 2 aromatic carbocycles. The van der Waals surface area contributed by atoms with Crippen LogP contribution in [0.2, 0.25) is 0 Å². The fourth-order valence-electron chi connectivity index (χ4n) is 1.60. The van der Waals surface area contributed by atoms with Gasteiger partial charge in [-0.1, -0.05) is 30.3 Å². The van der Waals surface area contributed by atoms with Crippen molar-refractivity contribution in [1.82, 2.24) is 0 Å².